The monoisotopic (exact) mass is 295 g/mol. The molecule has 1 aliphatic heterocycles. The molecule has 0 saturated heterocycles. The molecule has 1 aliphatic rings. The summed E-state index contributed by atoms with van der Waals surface area (Å²) in [6, 6.07) is 17.0. The summed E-state index contributed by atoms with van der Waals surface area (Å²) >= 11 is 0. The van der Waals surface area contributed by atoms with Crippen LogP contribution in [-0.2, 0) is 22.5 Å². The summed E-state index contributed by atoms with van der Waals surface area (Å²) < 4.78 is 5.30. The minimum absolute atomic E-state index is 0.174. The third-order valence-corrected chi connectivity index (χ3v) is 3.81. The number of carbonyl (C=O) groups excluding carboxylic acids is 2. The summed E-state index contributed by atoms with van der Waals surface area (Å²) in [5.41, 5.74) is 2.46. The summed E-state index contributed by atoms with van der Waals surface area (Å²) in [6.07, 6.45) is -0.309. The van der Waals surface area contributed by atoms with Gasteiger partial charge < -0.3 is 9.64 Å². The number of cyclic esters (lactones) is 1. The van der Waals surface area contributed by atoms with Crippen molar-refractivity contribution in [1.82, 2.24) is 4.90 Å². The summed E-state index contributed by atoms with van der Waals surface area (Å²) in [4.78, 5) is 26.1. The largest absolute Gasteiger partial charge is 0.448 e. The van der Waals surface area contributed by atoms with E-state index < -0.39 is 12.1 Å². The summed E-state index contributed by atoms with van der Waals surface area (Å²) in [5.74, 6) is -0.597. The van der Waals surface area contributed by atoms with Gasteiger partial charge in [0.2, 0.25) is 0 Å². The first kappa shape index (κ1) is 14.3. The SMILES string of the molecule is CN(Cc1ccccc1)C(=O)C1Cc2ccccc2C(=O)O1. The van der Waals surface area contributed by atoms with Gasteiger partial charge in [-0.1, -0.05) is 48.5 Å². The number of fused-ring (bicyclic) bond motifs is 1. The number of hydrogen-bond donors (Lipinski definition) is 0. The third-order valence-electron chi connectivity index (χ3n) is 3.81. The molecule has 22 heavy (non-hydrogen) atoms. The van der Waals surface area contributed by atoms with Gasteiger partial charge in [-0.05, 0) is 17.2 Å². The van der Waals surface area contributed by atoms with Gasteiger partial charge in [-0.2, -0.15) is 0 Å². The third kappa shape index (κ3) is 2.86. The van der Waals surface area contributed by atoms with Crippen LogP contribution in [0.2, 0.25) is 0 Å². The Kier molecular flexibility index (Phi) is 3.92. The van der Waals surface area contributed by atoms with Crippen LogP contribution >= 0.6 is 0 Å². The van der Waals surface area contributed by atoms with E-state index in [-0.39, 0.29) is 5.91 Å². The number of nitrogens with zero attached hydrogens (tertiary/aromatic N) is 1. The Labute approximate surface area is 129 Å². The van der Waals surface area contributed by atoms with Crippen LogP contribution in [0.4, 0.5) is 0 Å². The molecule has 0 spiro atoms. The molecule has 1 unspecified atom stereocenters. The molecule has 2 aromatic rings. The second-order valence-electron chi connectivity index (χ2n) is 5.44. The van der Waals surface area contributed by atoms with Crippen LogP contribution in [0.3, 0.4) is 0 Å². The highest BCUT2D eigenvalue weighted by atomic mass is 16.5. The minimum atomic E-state index is -0.740. The lowest BCUT2D eigenvalue weighted by molar-refractivity contribution is -0.140. The van der Waals surface area contributed by atoms with E-state index in [1.807, 2.05) is 42.5 Å². The number of carbonyl (C=O) groups is 2. The maximum atomic E-state index is 12.5. The molecule has 0 N–H and O–H groups in total. The summed E-state index contributed by atoms with van der Waals surface area (Å²) in [5, 5.41) is 0. The van der Waals surface area contributed by atoms with Gasteiger partial charge in [-0.25, -0.2) is 4.79 Å². The lowest BCUT2D eigenvalue weighted by Crippen LogP contribution is -2.42. The molecule has 0 saturated carbocycles. The van der Waals surface area contributed by atoms with Gasteiger partial charge in [-0.15, -0.1) is 0 Å². The first-order valence-corrected chi connectivity index (χ1v) is 7.23. The topological polar surface area (TPSA) is 46.6 Å². The van der Waals surface area contributed by atoms with Crippen LogP contribution in [0.1, 0.15) is 21.5 Å². The van der Waals surface area contributed by atoms with E-state index in [0.717, 1.165) is 11.1 Å². The van der Waals surface area contributed by atoms with Crippen LogP contribution in [0.15, 0.2) is 54.6 Å². The first-order chi connectivity index (χ1) is 10.6. The van der Waals surface area contributed by atoms with Crippen molar-refractivity contribution < 1.29 is 14.3 Å². The standard InChI is InChI=1S/C18H17NO3/c1-19(12-13-7-3-2-4-8-13)17(20)16-11-14-9-5-6-10-15(14)18(21)22-16/h2-10,16H,11-12H2,1H3. The molecule has 0 fully saturated rings. The smallest absolute Gasteiger partial charge is 0.339 e. The van der Waals surface area contributed by atoms with Crippen LogP contribution in [-0.4, -0.2) is 29.9 Å². The van der Waals surface area contributed by atoms with E-state index in [4.69, 9.17) is 4.74 Å². The van der Waals surface area contributed by atoms with Crippen molar-refractivity contribution in [3.8, 4) is 0 Å². The number of amides is 1. The fraction of sp³-hybridized carbons (Fsp3) is 0.222. The number of ether oxygens (including phenoxy) is 1. The summed E-state index contributed by atoms with van der Waals surface area (Å²) in [6.45, 7) is 0.495. The van der Waals surface area contributed by atoms with E-state index in [2.05, 4.69) is 0 Å². The Hall–Kier alpha value is -2.62. The Morgan fingerprint density at radius 2 is 1.82 bits per heavy atom. The number of hydrogen-bond acceptors (Lipinski definition) is 3. The lowest BCUT2D eigenvalue weighted by Gasteiger charge is -2.27. The number of benzene rings is 2. The Balaban J connectivity index is 1.72. The Morgan fingerprint density at radius 1 is 1.14 bits per heavy atom. The van der Waals surface area contributed by atoms with Gasteiger partial charge in [0.25, 0.3) is 5.91 Å². The zero-order valence-corrected chi connectivity index (χ0v) is 12.4. The van der Waals surface area contributed by atoms with Crippen molar-refractivity contribution in [2.24, 2.45) is 0 Å². The normalized spacial score (nSPS) is 16.6. The number of likely N-dealkylation sites (N-methyl/N-ethyl adjacent to an activating group) is 1. The highest BCUT2D eigenvalue weighted by Crippen LogP contribution is 2.21. The van der Waals surface area contributed by atoms with Crippen molar-refractivity contribution in [2.75, 3.05) is 7.05 Å². The second-order valence-corrected chi connectivity index (χ2v) is 5.44. The van der Waals surface area contributed by atoms with E-state index in [1.165, 1.54) is 0 Å². The van der Waals surface area contributed by atoms with E-state index in [0.29, 0.717) is 18.5 Å². The van der Waals surface area contributed by atoms with Crippen molar-refractivity contribution >= 4 is 11.9 Å². The molecule has 0 bridgehead atoms. The van der Waals surface area contributed by atoms with Crippen molar-refractivity contribution in [3.63, 3.8) is 0 Å². The molecule has 4 heteroatoms. The van der Waals surface area contributed by atoms with E-state index in [9.17, 15) is 9.59 Å². The Morgan fingerprint density at radius 3 is 2.59 bits per heavy atom. The maximum absolute atomic E-state index is 12.5. The summed E-state index contributed by atoms with van der Waals surface area (Å²) in [7, 11) is 1.73. The molecule has 1 amide bonds. The predicted molar refractivity (Wildman–Crippen MR) is 82.3 cm³/mol. The van der Waals surface area contributed by atoms with Crippen LogP contribution in [0.5, 0.6) is 0 Å². The molecule has 0 radical (unpaired) electrons. The molecule has 0 aliphatic carbocycles. The molecule has 1 heterocycles. The van der Waals surface area contributed by atoms with Crippen molar-refractivity contribution in [3.05, 3.63) is 71.3 Å². The average Bonchev–Trinajstić information content (AvgIpc) is 2.55. The lowest BCUT2D eigenvalue weighted by atomic mass is 9.98. The zero-order chi connectivity index (χ0) is 15.5. The van der Waals surface area contributed by atoms with E-state index in [1.54, 1.807) is 24.1 Å². The van der Waals surface area contributed by atoms with Crippen molar-refractivity contribution in [1.29, 1.82) is 0 Å². The highest BCUT2D eigenvalue weighted by molar-refractivity contribution is 5.95. The fourth-order valence-corrected chi connectivity index (χ4v) is 2.65. The zero-order valence-electron chi connectivity index (χ0n) is 12.4. The maximum Gasteiger partial charge on any atom is 0.339 e. The number of esters is 1. The van der Waals surface area contributed by atoms with E-state index >= 15 is 0 Å². The van der Waals surface area contributed by atoms with Crippen LogP contribution < -0.4 is 0 Å². The molecule has 3 rings (SSSR count). The quantitative estimate of drug-likeness (QED) is 0.817. The second kappa shape index (κ2) is 6.02. The van der Waals surface area contributed by atoms with Gasteiger partial charge in [0.15, 0.2) is 6.10 Å². The molecule has 1 atom stereocenters. The van der Waals surface area contributed by atoms with Crippen LogP contribution in [0, 0.1) is 0 Å². The minimum Gasteiger partial charge on any atom is -0.448 e. The molecule has 2 aromatic carbocycles. The highest BCUT2D eigenvalue weighted by Gasteiger charge is 2.32. The molecular weight excluding hydrogens is 278 g/mol. The van der Waals surface area contributed by atoms with Crippen molar-refractivity contribution in [2.45, 2.75) is 19.1 Å². The van der Waals surface area contributed by atoms with Gasteiger partial charge in [0, 0.05) is 20.0 Å². The molecule has 0 aromatic heterocycles. The molecule has 112 valence electrons. The van der Waals surface area contributed by atoms with Gasteiger partial charge in [0.05, 0.1) is 5.56 Å². The Bertz CT molecular complexity index is 696. The van der Waals surface area contributed by atoms with Crippen LogP contribution in [0.25, 0.3) is 0 Å². The average molecular weight is 295 g/mol. The molecular formula is C18H17NO3. The fourth-order valence-electron chi connectivity index (χ4n) is 2.65. The first-order valence-electron chi connectivity index (χ1n) is 7.23. The van der Waals surface area contributed by atoms with Gasteiger partial charge >= 0.3 is 5.97 Å². The van der Waals surface area contributed by atoms with Gasteiger partial charge in [-0.3, -0.25) is 4.79 Å². The molecule has 4 nitrogen and oxygen atoms in total. The van der Waals surface area contributed by atoms with Gasteiger partial charge in [0.1, 0.15) is 0 Å². The predicted octanol–water partition coefficient (Wildman–Crippen LogP) is 2.43. The number of rotatable bonds is 3.